The summed E-state index contributed by atoms with van der Waals surface area (Å²) in [5.74, 6) is -0.493. The van der Waals surface area contributed by atoms with E-state index in [-0.39, 0.29) is 5.56 Å². The number of hydrogen-bond donors (Lipinski definition) is 0. The van der Waals surface area contributed by atoms with E-state index in [9.17, 15) is 18.0 Å². The zero-order valence-electron chi connectivity index (χ0n) is 10.6. The van der Waals surface area contributed by atoms with Gasteiger partial charge in [0.05, 0.1) is 5.56 Å². The van der Waals surface area contributed by atoms with Crippen LogP contribution < -0.4 is 0 Å². The summed E-state index contributed by atoms with van der Waals surface area (Å²) >= 11 is 8.97. The molecule has 0 amide bonds. The Balaban J connectivity index is 2.45. The van der Waals surface area contributed by atoms with Gasteiger partial charge in [0.25, 0.3) is 0 Å². The van der Waals surface area contributed by atoms with Gasteiger partial charge in [0, 0.05) is 10.0 Å². The summed E-state index contributed by atoms with van der Waals surface area (Å²) in [6.45, 7) is 1.85. The second-order valence-electron chi connectivity index (χ2n) is 4.35. The fourth-order valence-corrected chi connectivity index (χ4v) is 2.62. The SMILES string of the molecule is Cc1ccc(C(=O)c2ccc(C(F)(F)F)nc2Cl)c(Br)c1. The topological polar surface area (TPSA) is 30.0 Å². The van der Waals surface area contributed by atoms with Crippen LogP contribution in [-0.2, 0) is 6.18 Å². The number of ketones is 1. The first-order valence-corrected chi connectivity index (χ1v) is 6.92. The van der Waals surface area contributed by atoms with Crippen LogP contribution in [0.15, 0.2) is 34.8 Å². The number of halogens is 5. The maximum absolute atomic E-state index is 12.5. The second-order valence-corrected chi connectivity index (χ2v) is 5.56. The van der Waals surface area contributed by atoms with Crippen LogP contribution >= 0.6 is 27.5 Å². The first-order chi connectivity index (χ1) is 9.70. The summed E-state index contributed by atoms with van der Waals surface area (Å²) < 4.78 is 38.1. The van der Waals surface area contributed by atoms with Crippen LogP contribution in [0.25, 0.3) is 0 Å². The lowest BCUT2D eigenvalue weighted by atomic mass is 10.0. The Hall–Kier alpha value is -1.40. The molecule has 0 aliphatic heterocycles. The highest BCUT2D eigenvalue weighted by Gasteiger charge is 2.33. The van der Waals surface area contributed by atoms with E-state index in [1.807, 2.05) is 6.92 Å². The highest BCUT2D eigenvalue weighted by Crippen LogP contribution is 2.30. The van der Waals surface area contributed by atoms with Crippen LogP contribution in [0.2, 0.25) is 5.15 Å². The third-order valence-corrected chi connectivity index (χ3v) is 3.70. The molecule has 0 saturated heterocycles. The molecule has 7 heteroatoms. The normalized spacial score (nSPS) is 11.5. The van der Waals surface area contributed by atoms with E-state index in [1.165, 1.54) is 0 Å². The molecule has 0 fully saturated rings. The average molecular weight is 379 g/mol. The Morgan fingerprint density at radius 1 is 1.19 bits per heavy atom. The molecule has 1 heterocycles. The number of nitrogens with zero attached hydrogens (tertiary/aromatic N) is 1. The Kier molecular flexibility index (Phi) is 4.39. The number of aryl methyl sites for hydroxylation is 1. The molecular formula is C14H8BrClF3NO. The lowest BCUT2D eigenvalue weighted by Gasteiger charge is -2.09. The molecule has 0 aliphatic carbocycles. The molecule has 1 aromatic heterocycles. The predicted octanol–water partition coefficient (Wildman–Crippen LogP) is 5.06. The maximum Gasteiger partial charge on any atom is 0.433 e. The summed E-state index contributed by atoms with van der Waals surface area (Å²) in [4.78, 5) is 15.6. The minimum atomic E-state index is -4.60. The lowest BCUT2D eigenvalue weighted by molar-refractivity contribution is -0.141. The standard InChI is InChI=1S/C14H8BrClF3NO/c1-7-2-3-8(10(15)6-7)12(21)9-4-5-11(14(17,18)19)20-13(9)16/h2-6H,1H3. The van der Waals surface area contributed by atoms with Crippen molar-refractivity contribution in [1.82, 2.24) is 4.98 Å². The molecule has 0 unspecified atom stereocenters. The van der Waals surface area contributed by atoms with Gasteiger partial charge in [0.1, 0.15) is 10.8 Å². The number of aromatic nitrogens is 1. The van der Waals surface area contributed by atoms with Crippen LogP contribution in [0.3, 0.4) is 0 Å². The minimum Gasteiger partial charge on any atom is -0.288 e. The van der Waals surface area contributed by atoms with E-state index in [4.69, 9.17) is 11.6 Å². The largest absolute Gasteiger partial charge is 0.433 e. The molecule has 0 atom stereocenters. The molecule has 0 aliphatic rings. The second kappa shape index (κ2) is 5.77. The number of carbonyl (C=O) groups excluding carboxylic acids is 1. The molecule has 2 rings (SSSR count). The van der Waals surface area contributed by atoms with Gasteiger partial charge < -0.3 is 0 Å². The van der Waals surface area contributed by atoms with Crippen LogP contribution in [-0.4, -0.2) is 10.8 Å². The first kappa shape index (κ1) is 16.0. The summed E-state index contributed by atoms with van der Waals surface area (Å²) in [5.41, 5.74) is 0.0420. The zero-order valence-corrected chi connectivity index (χ0v) is 13.0. The smallest absolute Gasteiger partial charge is 0.288 e. The molecule has 0 saturated carbocycles. The number of pyridine rings is 1. The van der Waals surface area contributed by atoms with Crippen molar-refractivity contribution in [3.05, 3.63) is 62.3 Å². The number of rotatable bonds is 2. The van der Waals surface area contributed by atoms with Gasteiger partial charge in [-0.3, -0.25) is 4.79 Å². The lowest BCUT2D eigenvalue weighted by Crippen LogP contribution is -2.11. The van der Waals surface area contributed by atoms with Crippen molar-refractivity contribution in [3.63, 3.8) is 0 Å². The Labute approximate surface area is 132 Å². The van der Waals surface area contributed by atoms with Crippen molar-refractivity contribution in [1.29, 1.82) is 0 Å². The van der Waals surface area contributed by atoms with Gasteiger partial charge in [-0.25, -0.2) is 4.98 Å². The van der Waals surface area contributed by atoms with E-state index in [0.717, 1.165) is 17.7 Å². The van der Waals surface area contributed by atoms with E-state index in [1.54, 1.807) is 18.2 Å². The molecule has 0 radical (unpaired) electrons. The Morgan fingerprint density at radius 2 is 1.81 bits per heavy atom. The van der Waals surface area contributed by atoms with Gasteiger partial charge in [0.15, 0.2) is 5.78 Å². The first-order valence-electron chi connectivity index (χ1n) is 5.74. The van der Waals surface area contributed by atoms with E-state index >= 15 is 0 Å². The Morgan fingerprint density at radius 3 is 2.33 bits per heavy atom. The molecule has 1 aromatic carbocycles. The highest BCUT2D eigenvalue weighted by molar-refractivity contribution is 9.10. The van der Waals surface area contributed by atoms with E-state index in [0.29, 0.717) is 10.0 Å². The number of benzene rings is 1. The van der Waals surface area contributed by atoms with Gasteiger partial charge in [-0.2, -0.15) is 13.2 Å². The van der Waals surface area contributed by atoms with Crippen LogP contribution in [0, 0.1) is 6.92 Å². The molecule has 0 spiro atoms. The summed E-state index contributed by atoms with van der Waals surface area (Å²) in [6, 6.07) is 6.81. The minimum absolute atomic E-state index is 0.0748. The highest BCUT2D eigenvalue weighted by atomic mass is 79.9. The summed E-state index contributed by atoms with van der Waals surface area (Å²) in [5, 5.41) is -0.470. The van der Waals surface area contributed by atoms with Gasteiger partial charge in [0.2, 0.25) is 0 Å². The number of hydrogen-bond acceptors (Lipinski definition) is 2. The molecular weight excluding hydrogens is 371 g/mol. The molecule has 2 nitrogen and oxygen atoms in total. The van der Waals surface area contributed by atoms with Crippen molar-refractivity contribution < 1.29 is 18.0 Å². The third-order valence-electron chi connectivity index (χ3n) is 2.75. The van der Waals surface area contributed by atoms with Gasteiger partial charge >= 0.3 is 6.18 Å². The monoisotopic (exact) mass is 377 g/mol. The van der Waals surface area contributed by atoms with Crippen molar-refractivity contribution >= 4 is 33.3 Å². The molecule has 0 bridgehead atoms. The molecule has 110 valence electrons. The molecule has 0 N–H and O–H groups in total. The van der Waals surface area contributed by atoms with Crippen LogP contribution in [0.5, 0.6) is 0 Å². The van der Waals surface area contributed by atoms with E-state index < -0.39 is 22.8 Å². The van der Waals surface area contributed by atoms with Gasteiger partial charge in [-0.05, 0) is 36.8 Å². The number of alkyl halides is 3. The van der Waals surface area contributed by atoms with Crippen LogP contribution in [0.4, 0.5) is 13.2 Å². The number of carbonyl (C=O) groups is 1. The van der Waals surface area contributed by atoms with Crippen molar-refractivity contribution in [2.75, 3.05) is 0 Å². The maximum atomic E-state index is 12.5. The van der Waals surface area contributed by atoms with Gasteiger partial charge in [-0.15, -0.1) is 0 Å². The predicted molar refractivity (Wildman–Crippen MR) is 76.6 cm³/mol. The third kappa shape index (κ3) is 3.44. The summed E-state index contributed by atoms with van der Waals surface area (Å²) in [6.07, 6.45) is -4.60. The van der Waals surface area contributed by atoms with Crippen LogP contribution in [0.1, 0.15) is 27.2 Å². The van der Waals surface area contributed by atoms with Crippen molar-refractivity contribution in [2.24, 2.45) is 0 Å². The fraction of sp³-hybridized carbons (Fsp3) is 0.143. The fourth-order valence-electron chi connectivity index (χ4n) is 1.71. The zero-order chi connectivity index (χ0) is 15.8. The average Bonchev–Trinajstić information content (AvgIpc) is 2.36. The van der Waals surface area contributed by atoms with E-state index in [2.05, 4.69) is 20.9 Å². The van der Waals surface area contributed by atoms with Gasteiger partial charge in [-0.1, -0.05) is 33.6 Å². The summed E-state index contributed by atoms with van der Waals surface area (Å²) in [7, 11) is 0. The Bertz CT molecular complexity index is 716. The molecule has 2 aromatic rings. The van der Waals surface area contributed by atoms with Crippen molar-refractivity contribution in [2.45, 2.75) is 13.1 Å². The van der Waals surface area contributed by atoms with Crippen molar-refractivity contribution in [3.8, 4) is 0 Å². The quantitative estimate of drug-likeness (QED) is 0.540. The molecule has 21 heavy (non-hydrogen) atoms.